The van der Waals surface area contributed by atoms with Crippen LogP contribution in [0, 0.1) is 0 Å². The van der Waals surface area contributed by atoms with E-state index in [0.717, 1.165) is 38.2 Å². The summed E-state index contributed by atoms with van der Waals surface area (Å²) in [5.41, 5.74) is 0.678. The van der Waals surface area contributed by atoms with Crippen LogP contribution >= 0.6 is 11.3 Å². The summed E-state index contributed by atoms with van der Waals surface area (Å²) in [5, 5.41) is 6.43. The van der Waals surface area contributed by atoms with E-state index in [-0.39, 0.29) is 6.09 Å². The Labute approximate surface area is 130 Å². The number of rotatable bonds is 3. The molecule has 1 aromatic heterocycles. The summed E-state index contributed by atoms with van der Waals surface area (Å²) < 4.78 is 5.42. The highest BCUT2D eigenvalue weighted by Gasteiger charge is 2.28. The molecular weight excluding hydrogens is 286 g/mol. The largest absolute Gasteiger partial charge is 0.444 e. The van der Waals surface area contributed by atoms with Gasteiger partial charge in [-0.05, 0) is 40.7 Å². The molecule has 0 spiro atoms. The molecule has 5 nitrogen and oxygen atoms in total. The Morgan fingerprint density at radius 1 is 1.48 bits per heavy atom. The number of amides is 1. The number of piperidine rings is 1. The van der Waals surface area contributed by atoms with Gasteiger partial charge in [-0.3, -0.25) is 0 Å². The lowest BCUT2D eigenvalue weighted by atomic mass is 9.98. The Morgan fingerprint density at radius 2 is 2.14 bits per heavy atom. The van der Waals surface area contributed by atoms with E-state index in [1.54, 1.807) is 11.3 Å². The van der Waals surface area contributed by atoms with E-state index in [0.29, 0.717) is 5.92 Å². The van der Waals surface area contributed by atoms with Crippen LogP contribution in [-0.2, 0) is 11.3 Å². The Hall–Kier alpha value is -1.14. The Kier molecular flexibility index (Phi) is 5.22. The van der Waals surface area contributed by atoms with E-state index in [4.69, 9.17) is 4.74 Å². The Balaban J connectivity index is 1.86. The van der Waals surface area contributed by atoms with Gasteiger partial charge >= 0.3 is 6.09 Å². The summed E-state index contributed by atoms with van der Waals surface area (Å²) in [5.74, 6) is 0.472. The highest BCUT2D eigenvalue weighted by molar-refractivity contribution is 7.09. The van der Waals surface area contributed by atoms with Crippen molar-refractivity contribution in [2.75, 3.05) is 20.1 Å². The van der Waals surface area contributed by atoms with Gasteiger partial charge in [-0.1, -0.05) is 0 Å². The van der Waals surface area contributed by atoms with Crippen molar-refractivity contribution < 1.29 is 9.53 Å². The number of hydrogen-bond donors (Lipinski definition) is 1. The maximum absolute atomic E-state index is 12.0. The fourth-order valence-electron chi connectivity index (χ4n) is 2.41. The quantitative estimate of drug-likeness (QED) is 0.932. The number of nitrogens with one attached hydrogen (secondary N) is 1. The van der Waals surface area contributed by atoms with Gasteiger partial charge in [0, 0.05) is 30.9 Å². The third-order valence-electron chi connectivity index (χ3n) is 3.42. The summed E-state index contributed by atoms with van der Waals surface area (Å²) in [6.45, 7) is 8.01. The van der Waals surface area contributed by atoms with Crippen molar-refractivity contribution in [3.05, 3.63) is 16.1 Å². The number of nitrogens with zero attached hydrogens (tertiary/aromatic N) is 2. The summed E-state index contributed by atoms with van der Waals surface area (Å²) >= 11 is 1.73. The Bertz CT molecular complexity index is 474. The minimum atomic E-state index is -0.425. The molecule has 6 heteroatoms. The van der Waals surface area contributed by atoms with Crippen LogP contribution < -0.4 is 5.32 Å². The second-order valence-corrected chi connectivity index (χ2v) is 7.34. The molecule has 0 aliphatic carbocycles. The minimum Gasteiger partial charge on any atom is -0.444 e. The van der Waals surface area contributed by atoms with E-state index in [1.165, 1.54) is 5.01 Å². The molecule has 1 aliphatic heterocycles. The smallest absolute Gasteiger partial charge is 0.410 e. The summed E-state index contributed by atoms with van der Waals surface area (Å²) in [7, 11) is 1.93. The van der Waals surface area contributed by atoms with Gasteiger partial charge in [-0.25, -0.2) is 9.78 Å². The van der Waals surface area contributed by atoms with Gasteiger partial charge in [0.05, 0.1) is 10.7 Å². The number of carbonyl (C=O) groups excluding carboxylic acids is 1. The number of thiazole rings is 1. The second kappa shape index (κ2) is 6.75. The number of likely N-dealkylation sites (tertiary alicyclic amines) is 1. The molecule has 1 N–H and O–H groups in total. The van der Waals surface area contributed by atoms with Crippen molar-refractivity contribution in [3.8, 4) is 0 Å². The third-order valence-corrected chi connectivity index (χ3v) is 4.48. The van der Waals surface area contributed by atoms with Crippen LogP contribution in [0.1, 0.15) is 50.2 Å². The average Bonchev–Trinajstić information content (AvgIpc) is 2.86. The molecular formula is C15H25N3O2S. The highest BCUT2D eigenvalue weighted by Crippen LogP contribution is 2.30. The van der Waals surface area contributed by atoms with E-state index in [2.05, 4.69) is 15.7 Å². The van der Waals surface area contributed by atoms with Crippen LogP contribution in [0.15, 0.2) is 5.38 Å². The molecule has 2 heterocycles. The molecule has 0 radical (unpaired) electrons. The third kappa shape index (κ3) is 4.68. The zero-order valence-corrected chi connectivity index (χ0v) is 14.1. The first-order valence-electron chi connectivity index (χ1n) is 7.46. The number of ether oxygens (including phenoxy) is 1. The molecule has 1 aromatic rings. The molecule has 118 valence electrons. The van der Waals surface area contributed by atoms with Gasteiger partial charge in [0.1, 0.15) is 5.60 Å². The van der Waals surface area contributed by atoms with Crippen LogP contribution in [0.4, 0.5) is 4.79 Å². The van der Waals surface area contributed by atoms with Crippen molar-refractivity contribution in [1.82, 2.24) is 15.2 Å². The number of hydrogen-bond acceptors (Lipinski definition) is 5. The van der Waals surface area contributed by atoms with Crippen LogP contribution in [0.5, 0.6) is 0 Å². The fourth-order valence-corrected chi connectivity index (χ4v) is 3.40. The fraction of sp³-hybridized carbons (Fsp3) is 0.733. The van der Waals surface area contributed by atoms with Crippen LogP contribution in [0.3, 0.4) is 0 Å². The zero-order chi connectivity index (χ0) is 15.5. The van der Waals surface area contributed by atoms with E-state index in [1.807, 2.05) is 32.7 Å². The minimum absolute atomic E-state index is 0.198. The van der Waals surface area contributed by atoms with Gasteiger partial charge in [0.15, 0.2) is 0 Å². The first-order valence-corrected chi connectivity index (χ1v) is 8.34. The molecule has 0 atom stereocenters. The standard InChI is InChI=1S/C15H25N3O2S/c1-15(2,3)20-14(19)18-7-5-11(6-8-18)13-17-12(9-16-4)10-21-13/h10-11,16H,5-9H2,1-4H3. The summed E-state index contributed by atoms with van der Waals surface area (Å²) in [6, 6.07) is 0. The number of carbonyl (C=O) groups is 1. The van der Waals surface area contributed by atoms with Gasteiger partial charge in [0.2, 0.25) is 0 Å². The maximum atomic E-state index is 12.0. The molecule has 1 fully saturated rings. The average molecular weight is 311 g/mol. The molecule has 1 saturated heterocycles. The first kappa shape index (κ1) is 16.2. The molecule has 0 unspecified atom stereocenters. The lowest BCUT2D eigenvalue weighted by Crippen LogP contribution is -2.41. The maximum Gasteiger partial charge on any atom is 0.410 e. The van der Waals surface area contributed by atoms with Gasteiger partial charge < -0.3 is 15.0 Å². The lowest BCUT2D eigenvalue weighted by Gasteiger charge is -2.32. The molecule has 1 amide bonds. The van der Waals surface area contributed by atoms with Crippen LogP contribution in [0.2, 0.25) is 0 Å². The highest BCUT2D eigenvalue weighted by atomic mass is 32.1. The first-order chi connectivity index (χ1) is 9.89. The van der Waals surface area contributed by atoms with Crippen molar-refractivity contribution in [2.45, 2.75) is 51.7 Å². The van der Waals surface area contributed by atoms with Crippen molar-refractivity contribution >= 4 is 17.4 Å². The normalized spacial score (nSPS) is 17.0. The van der Waals surface area contributed by atoms with E-state index >= 15 is 0 Å². The topological polar surface area (TPSA) is 54.5 Å². The zero-order valence-electron chi connectivity index (χ0n) is 13.3. The van der Waals surface area contributed by atoms with Crippen molar-refractivity contribution in [3.63, 3.8) is 0 Å². The SMILES string of the molecule is CNCc1csc(C2CCN(C(=O)OC(C)(C)C)CC2)n1. The van der Waals surface area contributed by atoms with Gasteiger partial charge in [0.25, 0.3) is 0 Å². The number of aromatic nitrogens is 1. The van der Waals surface area contributed by atoms with Crippen molar-refractivity contribution in [1.29, 1.82) is 0 Å². The van der Waals surface area contributed by atoms with Gasteiger partial charge in [-0.15, -0.1) is 11.3 Å². The van der Waals surface area contributed by atoms with E-state index < -0.39 is 5.60 Å². The van der Waals surface area contributed by atoms with Crippen LogP contribution in [0.25, 0.3) is 0 Å². The molecule has 0 saturated carbocycles. The summed E-state index contributed by atoms with van der Waals surface area (Å²) in [6.07, 6.45) is 1.73. The van der Waals surface area contributed by atoms with Crippen molar-refractivity contribution in [2.24, 2.45) is 0 Å². The summed E-state index contributed by atoms with van der Waals surface area (Å²) in [4.78, 5) is 18.5. The van der Waals surface area contributed by atoms with Crippen LogP contribution in [-0.4, -0.2) is 41.7 Å². The molecule has 0 bridgehead atoms. The molecule has 2 rings (SSSR count). The predicted molar refractivity (Wildman–Crippen MR) is 84.7 cm³/mol. The molecule has 0 aromatic carbocycles. The molecule has 21 heavy (non-hydrogen) atoms. The molecule has 1 aliphatic rings. The predicted octanol–water partition coefficient (Wildman–Crippen LogP) is 2.98. The van der Waals surface area contributed by atoms with E-state index in [9.17, 15) is 4.79 Å². The second-order valence-electron chi connectivity index (χ2n) is 6.45. The van der Waals surface area contributed by atoms with Gasteiger partial charge in [-0.2, -0.15) is 0 Å². The lowest BCUT2D eigenvalue weighted by molar-refractivity contribution is 0.0205. The Morgan fingerprint density at radius 3 is 2.71 bits per heavy atom. The monoisotopic (exact) mass is 311 g/mol.